The van der Waals surface area contributed by atoms with Crippen molar-refractivity contribution in [3.05, 3.63) is 51.8 Å². The highest BCUT2D eigenvalue weighted by molar-refractivity contribution is 5.98. The lowest BCUT2D eigenvalue weighted by Gasteiger charge is -2.12. The van der Waals surface area contributed by atoms with Gasteiger partial charge in [0.1, 0.15) is 6.29 Å². The molecule has 114 valence electrons. The highest BCUT2D eigenvalue weighted by atomic mass is 16.5. The number of esters is 1. The molecular weight excluding hydrogens is 284 g/mol. The normalized spacial score (nSPS) is 10.5. The second-order valence-electron chi connectivity index (χ2n) is 5.01. The molecule has 22 heavy (non-hydrogen) atoms. The zero-order chi connectivity index (χ0) is 16.3. The molecule has 2 rings (SSSR count). The molecule has 6 nitrogen and oxygen atoms in total. The summed E-state index contributed by atoms with van der Waals surface area (Å²) in [5, 5.41) is 4.28. The van der Waals surface area contributed by atoms with Crippen LogP contribution < -0.4 is 5.56 Å². The minimum atomic E-state index is -0.567. The highest BCUT2D eigenvalue weighted by Gasteiger charge is 2.16. The van der Waals surface area contributed by atoms with Gasteiger partial charge in [-0.25, -0.2) is 9.48 Å². The Bertz CT molecular complexity index is 778. The van der Waals surface area contributed by atoms with Crippen molar-refractivity contribution in [2.24, 2.45) is 0 Å². The molecule has 6 heteroatoms. The van der Waals surface area contributed by atoms with Gasteiger partial charge in [0.25, 0.3) is 5.56 Å². The molecule has 1 aromatic heterocycles. The van der Waals surface area contributed by atoms with E-state index in [0.29, 0.717) is 23.1 Å². The minimum absolute atomic E-state index is 0.108. The number of hydrogen-bond donors (Lipinski definition) is 0. The number of carbonyl (C=O) groups is 2. The van der Waals surface area contributed by atoms with Gasteiger partial charge < -0.3 is 4.74 Å². The van der Waals surface area contributed by atoms with Crippen LogP contribution in [0.25, 0.3) is 11.3 Å². The number of aromatic nitrogens is 2. The van der Waals surface area contributed by atoms with E-state index >= 15 is 0 Å². The zero-order valence-corrected chi connectivity index (χ0v) is 12.6. The lowest BCUT2D eigenvalue weighted by atomic mass is 10.0. The van der Waals surface area contributed by atoms with Crippen LogP contribution in [-0.4, -0.2) is 29.1 Å². The first-order chi connectivity index (χ1) is 10.5. The molecular formula is C16H16N2O4. The number of hydrogen-bond acceptors (Lipinski definition) is 5. The summed E-state index contributed by atoms with van der Waals surface area (Å²) in [5.74, 6) is -0.567. The fourth-order valence-electron chi connectivity index (χ4n) is 2.08. The Morgan fingerprint density at radius 3 is 2.59 bits per heavy atom. The summed E-state index contributed by atoms with van der Waals surface area (Å²) in [6.45, 7) is 3.68. The highest BCUT2D eigenvalue weighted by Crippen LogP contribution is 2.23. The monoisotopic (exact) mass is 300 g/mol. The molecule has 0 amide bonds. The molecule has 0 aliphatic carbocycles. The minimum Gasteiger partial charge on any atom is -0.465 e. The van der Waals surface area contributed by atoms with Crippen LogP contribution in [0.15, 0.2) is 35.1 Å². The van der Waals surface area contributed by atoms with Crippen LogP contribution >= 0.6 is 0 Å². The molecule has 1 heterocycles. The fraction of sp³-hybridized carbons (Fsp3) is 0.250. The zero-order valence-electron chi connectivity index (χ0n) is 12.6. The predicted molar refractivity (Wildman–Crippen MR) is 81.0 cm³/mol. The van der Waals surface area contributed by atoms with Gasteiger partial charge in [-0.3, -0.25) is 9.59 Å². The second kappa shape index (κ2) is 6.34. The van der Waals surface area contributed by atoms with Crippen molar-refractivity contribution in [3.63, 3.8) is 0 Å². The molecule has 1 aromatic carbocycles. The lowest BCUT2D eigenvalue weighted by molar-refractivity contribution is 0.0601. The van der Waals surface area contributed by atoms with Gasteiger partial charge in [-0.1, -0.05) is 12.1 Å². The third-order valence-corrected chi connectivity index (χ3v) is 3.18. The van der Waals surface area contributed by atoms with Crippen molar-refractivity contribution in [3.8, 4) is 11.3 Å². The smallest absolute Gasteiger partial charge is 0.338 e. The van der Waals surface area contributed by atoms with E-state index < -0.39 is 5.97 Å². The maximum absolute atomic E-state index is 11.9. The van der Waals surface area contributed by atoms with Gasteiger partial charge in [0, 0.05) is 17.2 Å². The van der Waals surface area contributed by atoms with Crippen LogP contribution in [0.1, 0.15) is 40.6 Å². The van der Waals surface area contributed by atoms with Crippen molar-refractivity contribution in [2.75, 3.05) is 7.11 Å². The Morgan fingerprint density at radius 1 is 1.27 bits per heavy atom. The Labute approximate surface area is 127 Å². The maximum Gasteiger partial charge on any atom is 0.338 e. The van der Waals surface area contributed by atoms with Crippen LogP contribution in [0.3, 0.4) is 0 Å². The maximum atomic E-state index is 11.9. The summed E-state index contributed by atoms with van der Waals surface area (Å²) in [6.07, 6.45) is 0.651. The Kier molecular flexibility index (Phi) is 4.50. The first-order valence-corrected chi connectivity index (χ1v) is 6.75. The summed E-state index contributed by atoms with van der Waals surface area (Å²) >= 11 is 0. The lowest BCUT2D eigenvalue weighted by Crippen LogP contribution is -2.24. The van der Waals surface area contributed by atoms with E-state index in [-0.39, 0.29) is 17.2 Å². The largest absolute Gasteiger partial charge is 0.465 e. The van der Waals surface area contributed by atoms with Gasteiger partial charge in [0.2, 0.25) is 0 Å². The molecule has 0 radical (unpaired) electrons. The average molecular weight is 300 g/mol. The van der Waals surface area contributed by atoms with E-state index in [4.69, 9.17) is 4.74 Å². The van der Waals surface area contributed by atoms with Gasteiger partial charge in [-0.2, -0.15) is 5.10 Å². The van der Waals surface area contributed by atoms with E-state index in [2.05, 4.69) is 5.10 Å². The average Bonchev–Trinajstić information content (AvgIpc) is 2.53. The van der Waals surface area contributed by atoms with Crippen LogP contribution in [0, 0.1) is 0 Å². The van der Waals surface area contributed by atoms with Crippen molar-refractivity contribution in [2.45, 2.75) is 19.9 Å². The molecule has 0 atom stereocenters. The van der Waals surface area contributed by atoms with Gasteiger partial charge in [-0.15, -0.1) is 0 Å². The molecule has 0 bridgehead atoms. The number of methoxy groups -OCH3 is 1. The molecule has 0 saturated heterocycles. The number of rotatable bonds is 4. The molecule has 0 N–H and O–H groups in total. The van der Waals surface area contributed by atoms with Crippen LogP contribution in [-0.2, 0) is 4.74 Å². The van der Waals surface area contributed by atoms with Crippen molar-refractivity contribution in [1.29, 1.82) is 0 Å². The first-order valence-electron chi connectivity index (χ1n) is 6.75. The van der Waals surface area contributed by atoms with Crippen molar-refractivity contribution >= 4 is 12.3 Å². The van der Waals surface area contributed by atoms with Crippen LogP contribution in [0.5, 0.6) is 0 Å². The molecule has 0 aliphatic heterocycles. The standard InChI is InChI=1S/C16H16N2O4/c1-10(2)18-15(20)7-6-14(17-18)12-5-4-11(9-19)8-13(12)16(21)22-3/h4-10H,1-3H3. The van der Waals surface area contributed by atoms with Crippen molar-refractivity contribution < 1.29 is 14.3 Å². The summed E-state index contributed by atoms with van der Waals surface area (Å²) in [5.41, 5.74) is 1.34. The summed E-state index contributed by atoms with van der Waals surface area (Å²) in [6, 6.07) is 7.49. The molecule has 0 unspecified atom stereocenters. The van der Waals surface area contributed by atoms with Gasteiger partial charge in [0.15, 0.2) is 0 Å². The Morgan fingerprint density at radius 2 is 2.00 bits per heavy atom. The molecule has 0 fully saturated rings. The summed E-state index contributed by atoms with van der Waals surface area (Å²) in [7, 11) is 1.27. The summed E-state index contributed by atoms with van der Waals surface area (Å²) < 4.78 is 6.09. The third-order valence-electron chi connectivity index (χ3n) is 3.18. The molecule has 0 saturated carbocycles. The number of nitrogens with zero attached hydrogens (tertiary/aromatic N) is 2. The number of carbonyl (C=O) groups excluding carboxylic acids is 2. The van der Waals surface area contributed by atoms with Crippen LogP contribution in [0.4, 0.5) is 0 Å². The first kappa shape index (κ1) is 15.6. The topological polar surface area (TPSA) is 78.3 Å². The fourth-order valence-corrected chi connectivity index (χ4v) is 2.08. The predicted octanol–water partition coefficient (Wildman–Crippen LogP) is 2.09. The number of benzene rings is 1. The molecule has 2 aromatic rings. The SMILES string of the molecule is COC(=O)c1cc(C=O)ccc1-c1ccc(=O)n(C(C)C)n1. The van der Waals surface area contributed by atoms with Crippen LogP contribution in [0.2, 0.25) is 0 Å². The molecule has 0 spiro atoms. The number of ether oxygens (including phenoxy) is 1. The van der Waals surface area contributed by atoms with E-state index in [1.54, 1.807) is 18.2 Å². The number of aldehydes is 1. The Hall–Kier alpha value is -2.76. The summed E-state index contributed by atoms with van der Waals surface area (Å²) in [4.78, 5) is 34.6. The van der Waals surface area contributed by atoms with Gasteiger partial charge in [0.05, 0.1) is 24.4 Å². The van der Waals surface area contributed by atoms with E-state index in [9.17, 15) is 14.4 Å². The van der Waals surface area contributed by atoms with Gasteiger partial charge >= 0.3 is 5.97 Å². The quantitative estimate of drug-likeness (QED) is 0.638. The van der Waals surface area contributed by atoms with E-state index in [1.165, 1.54) is 23.9 Å². The van der Waals surface area contributed by atoms with Gasteiger partial charge in [-0.05, 0) is 26.0 Å². The second-order valence-corrected chi connectivity index (χ2v) is 5.01. The third kappa shape index (κ3) is 2.95. The van der Waals surface area contributed by atoms with E-state index in [0.717, 1.165) is 0 Å². The molecule has 0 aliphatic rings. The Balaban J connectivity index is 2.66. The van der Waals surface area contributed by atoms with Crippen molar-refractivity contribution in [1.82, 2.24) is 9.78 Å². The van der Waals surface area contributed by atoms with E-state index in [1.807, 2.05) is 13.8 Å².